The molecule has 0 amide bonds. The van der Waals surface area contributed by atoms with Crippen molar-refractivity contribution >= 4 is 24.0 Å². The monoisotopic (exact) mass is 224 g/mol. The van der Waals surface area contributed by atoms with Crippen LogP contribution in [0.4, 0.5) is 0 Å². The summed E-state index contributed by atoms with van der Waals surface area (Å²) in [4.78, 5) is 38.8. The molecule has 0 spiro atoms. The van der Waals surface area contributed by atoms with Crippen molar-refractivity contribution in [1.29, 1.82) is 0 Å². The predicted molar refractivity (Wildman–Crippen MR) is 52.1 cm³/mol. The van der Waals surface area contributed by atoms with E-state index in [1.807, 2.05) is 0 Å². The maximum Gasteiger partial charge on any atom is 0.414 e. The minimum atomic E-state index is -1.82. The predicted octanol–water partition coefficient (Wildman–Crippen LogP) is 0.224. The first-order valence-corrected chi connectivity index (χ1v) is 3.99. The molecule has 0 aliphatic heterocycles. The Morgan fingerprint density at radius 3 is 1.69 bits per heavy atom. The molecule has 0 atom stereocenters. The van der Waals surface area contributed by atoms with E-state index in [-0.39, 0.29) is 0 Å². The van der Waals surface area contributed by atoms with Crippen LogP contribution in [-0.2, 0) is 14.4 Å². The summed E-state index contributed by atoms with van der Waals surface area (Å²) >= 11 is 0. The minimum Gasteiger partial charge on any atom is -0.473 e. The lowest BCUT2D eigenvalue weighted by Crippen LogP contribution is -2.09. The SMILES string of the molecule is O=C(O)C(=O)O.O=CC(=O)c1ccccc1. The van der Waals surface area contributed by atoms with Crippen molar-refractivity contribution in [2.45, 2.75) is 0 Å². The highest BCUT2D eigenvalue weighted by Gasteiger charge is 2.04. The average molecular weight is 224 g/mol. The van der Waals surface area contributed by atoms with Gasteiger partial charge in [0, 0.05) is 5.56 Å². The van der Waals surface area contributed by atoms with Gasteiger partial charge in [0.25, 0.3) is 0 Å². The van der Waals surface area contributed by atoms with Gasteiger partial charge in [0.15, 0.2) is 6.29 Å². The van der Waals surface area contributed by atoms with Crippen molar-refractivity contribution in [3.05, 3.63) is 35.9 Å². The molecule has 1 rings (SSSR count). The molecule has 6 nitrogen and oxygen atoms in total. The van der Waals surface area contributed by atoms with E-state index >= 15 is 0 Å². The molecule has 6 heteroatoms. The number of carbonyl (C=O) groups is 4. The van der Waals surface area contributed by atoms with Crippen molar-refractivity contribution in [1.82, 2.24) is 0 Å². The summed E-state index contributed by atoms with van der Waals surface area (Å²) in [6.07, 6.45) is 0.315. The highest BCUT2D eigenvalue weighted by molar-refractivity contribution is 6.33. The van der Waals surface area contributed by atoms with Crippen molar-refractivity contribution in [2.75, 3.05) is 0 Å². The van der Waals surface area contributed by atoms with Crippen molar-refractivity contribution in [3.8, 4) is 0 Å². The van der Waals surface area contributed by atoms with E-state index < -0.39 is 17.7 Å². The Balaban J connectivity index is 0.000000325. The van der Waals surface area contributed by atoms with Crippen molar-refractivity contribution in [2.24, 2.45) is 0 Å². The topological polar surface area (TPSA) is 109 Å². The summed E-state index contributed by atoms with van der Waals surface area (Å²) in [7, 11) is 0. The fourth-order valence-corrected chi connectivity index (χ4v) is 0.670. The minimum absolute atomic E-state index is 0.315. The summed E-state index contributed by atoms with van der Waals surface area (Å²) < 4.78 is 0. The molecular formula is C10H8O6. The lowest BCUT2D eigenvalue weighted by molar-refractivity contribution is -0.159. The van der Waals surface area contributed by atoms with Gasteiger partial charge < -0.3 is 10.2 Å². The number of carboxylic acids is 2. The Kier molecular flexibility index (Phi) is 5.81. The van der Waals surface area contributed by atoms with E-state index in [4.69, 9.17) is 19.8 Å². The first kappa shape index (κ1) is 13.5. The van der Waals surface area contributed by atoms with Gasteiger partial charge in [-0.1, -0.05) is 30.3 Å². The number of rotatable bonds is 2. The van der Waals surface area contributed by atoms with E-state index in [9.17, 15) is 9.59 Å². The molecule has 0 saturated heterocycles. The van der Waals surface area contributed by atoms with Crippen LogP contribution in [0.5, 0.6) is 0 Å². The molecule has 84 valence electrons. The number of carbonyl (C=O) groups excluding carboxylic acids is 2. The Morgan fingerprint density at radius 1 is 0.938 bits per heavy atom. The summed E-state index contributed by atoms with van der Waals surface area (Å²) in [5.74, 6) is -4.12. The number of carboxylic acid groups (broad SMARTS) is 2. The van der Waals surface area contributed by atoms with E-state index in [0.717, 1.165) is 0 Å². The van der Waals surface area contributed by atoms with E-state index in [1.54, 1.807) is 30.3 Å². The molecule has 0 heterocycles. The molecule has 16 heavy (non-hydrogen) atoms. The molecule has 0 saturated carbocycles. The third-order valence-electron chi connectivity index (χ3n) is 1.35. The zero-order valence-corrected chi connectivity index (χ0v) is 7.99. The lowest BCUT2D eigenvalue weighted by Gasteiger charge is -1.88. The van der Waals surface area contributed by atoms with Crippen LogP contribution in [0.25, 0.3) is 0 Å². The van der Waals surface area contributed by atoms with Crippen LogP contribution < -0.4 is 0 Å². The van der Waals surface area contributed by atoms with Crippen molar-refractivity contribution in [3.63, 3.8) is 0 Å². The molecule has 0 radical (unpaired) electrons. The zero-order valence-electron chi connectivity index (χ0n) is 7.99. The number of aldehydes is 1. The smallest absolute Gasteiger partial charge is 0.414 e. The summed E-state index contributed by atoms with van der Waals surface area (Å²) in [5.41, 5.74) is 0.442. The normalized spacial score (nSPS) is 8.25. The Morgan fingerprint density at radius 2 is 1.38 bits per heavy atom. The summed E-state index contributed by atoms with van der Waals surface area (Å²) in [6, 6.07) is 8.45. The van der Waals surface area contributed by atoms with Gasteiger partial charge >= 0.3 is 11.9 Å². The molecule has 1 aromatic carbocycles. The molecule has 0 aliphatic rings. The fraction of sp³-hybridized carbons (Fsp3) is 0. The molecule has 1 aromatic rings. The van der Waals surface area contributed by atoms with Gasteiger partial charge in [0.05, 0.1) is 0 Å². The van der Waals surface area contributed by atoms with Crippen LogP contribution in [-0.4, -0.2) is 34.2 Å². The lowest BCUT2D eigenvalue weighted by atomic mass is 10.1. The number of ketones is 1. The van der Waals surface area contributed by atoms with E-state index in [1.165, 1.54) is 0 Å². The van der Waals surface area contributed by atoms with E-state index in [2.05, 4.69) is 0 Å². The van der Waals surface area contributed by atoms with Crippen LogP contribution in [0.3, 0.4) is 0 Å². The van der Waals surface area contributed by atoms with Crippen LogP contribution in [0.15, 0.2) is 30.3 Å². The summed E-state index contributed by atoms with van der Waals surface area (Å²) in [6.45, 7) is 0. The molecule has 2 N–H and O–H groups in total. The fourth-order valence-electron chi connectivity index (χ4n) is 0.670. The van der Waals surface area contributed by atoms with E-state index in [0.29, 0.717) is 11.8 Å². The van der Waals surface area contributed by atoms with Gasteiger partial charge in [0.1, 0.15) is 0 Å². The second-order valence-electron chi connectivity index (χ2n) is 2.46. The van der Waals surface area contributed by atoms with Crippen molar-refractivity contribution < 1.29 is 29.4 Å². The highest BCUT2D eigenvalue weighted by atomic mass is 16.4. The van der Waals surface area contributed by atoms with Gasteiger partial charge in [-0.05, 0) is 0 Å². The van der Waals surface area contributed by atoms with Crippen LogP contribution in [0.2, 0.25) is 0 Å². The maximum absolute atomic E-state index is 10.6. The number of aliphatic carboxylic acids is 2. The Bertz CT molecular complexity index is 383. The van der Waals surface area contributed by atoms with Crippen LogP contribution >= 0.6 is 0 Å². The molecule has 0 unspecified atom stereocenters. The molecule has 0 bridgehead atoms. The average Bonchev–Trinajstić information content (AvgIpc) is 2.30. The number of benzene rings is 1. The molecule has 0 aliphatic carbocycles. The van der Waals surface area contributed by atoms with Gasteiger partial charge in [-0.25, -0.2) is 9.59 Å². The van der Waals surface area contributed by atoms with Gasteiger partial charge in [-0.15, -0.1) is 0 Å². The largest absolute Gasteiger partial charge is 0.473 e. The summed E-state index contributed by atoms with van der Waals surface area (Å²) in [5, 5.41) is 14.8. The van der Waals surface area contributed by atoms with Gasteiger partial charge in [0.2, 0.25) is 5.78 Å². The van der Waals surface area contributed by atoms with Gasteiger partial charge in [-0.3, -0.25) is 9.59 Å². The molecule has 0 aromatic heterocycles. The quantitative estimate of drug-likeness (QED) is 0.422. The highest BCUT2D eigenvalue weighted by Crippen LogP contribution is 1.96. The molecular weight excluding hydrogens is 216 g/mol. The third-order valence-corrected chi connectivity index (χ3v) is 1.35. The third kappa shape index (κ3) is 5.28. The number of Topliss-reactive ketones (excluding diaryl/α,β-unsaturated/α-hetero) is 1. The number of hydrogen-bond acceptors (Lipinski definition) is 4. The second-order valence-corrected chi connectivity index (χ2v) is 2.46. The first-order chi connectivity index (χ1) is 7.49. The number of hydrogen-bond donors (Lipinski definition) is 2. The van der Waals surface area contributed by atoms with Crippen LogP contribution in [0.1, 0.15) is 10.4 Å². The first-order valence-electron chi connectivity index (χ1n) is 3.99. The standard InChI is InChI=1S/C8H6O2.C2H2O4/c9-6-8(10)7-4-2-1-3-5-7;3-1(4)2(5)6/h1-6H;(H,3,4)(H,5,6). The van der Waals surface area contributed by atoms with Gasteiger partial charge in [-0.2, -0.15) is 0 Å². The zero-order chi connectivity index (χ0) is 12.6. The Hall–Kier alpha value is -2.50. The molecule has 0 fully saturated rings. The Labute approximate surface area is 90.1 Å². The maximum atomic E-state index is 10.6. The van der Waals surface area contributed by atoms with Crippen LogP contribution in [0, 0.1) is 0 Å². The second kappa shape index (κ2) is 6.88.